The Balaban J connectivity index is 2.57. The highest BCUT2D eigenvalue weighted by atomic mass is 32.1. The zero-order valence-electron chi connectivity index (χ0n) is 7.14. The Labute approximate surface area is 83.4 Å². The molecule has 0 radical (unpaired) electrons. The number of rotatable bonds is 0. The lowest BCUT2D eigenvalue weighted by Gasteiger charge is -1.90. The molecule has 3 aromatic rings. The number of hydrogen-bond donors (Lipinski definition) is 1. The molecule has 0 aliphatic rings. The quantitative estimate of drug-likeness (QED) is 0.604. The fraction of sp³-hybridized carbons (Fsp3) is 0. The second kappa shape index (κ2) is 2.62. The maximum absolute atomic E-state index is 5.51. The van der Waals surface area contributed by atoms with Crippen molar-refractivity contribution in [2.24, 2.45) is 0 Å². The third-order valence-electron chi connectivity index (χ3n) is 2.03. The van der Waals surface area contributed by atoms with Gasteiger partial charge in [-0.3, -0.25) is 0 Å². The summed E-state index contributed by atoms with van der Waals surface area (Å²) in [4.78, 5) is 14.3. The predicted octanol–water partition coefficient (Wildman–Crippen LogP) is 1.82. The number of hydrogen-bond acceptors (Lipinski definition) is 5. The molecule has 0 unspecified atom stereocenters. The average molecular weight is 202 g/mol. The topological polar surface area (TPSA) is 64.7 Å². The van der Waals surface area contributed by atoms with E-state index in [-0.39, 0.29) is 0 Å². The van der Waals surface area contributed by atoms with Gasteiger partial charge in [0.15, 0.2) is 0 Å². The van der Waals surface area contributed by atoms with E-state index in [1.165, 1.54) is 11.3 Å². The highest BCUT2D eigenvalue weighted by molar-refractivity contribution is 7.25. The minimum atomic E-state index is 0.309. The number of fused-ring (bicyclic) bond motifs is 3. The van der Waals surface area contributed by atoms with Gasteiger partial charge in [0.1, 0.15) is 9.66 Å². The standard InChI is InChI=1S/C9H6N4S/c10-9-12-4-6-5-2-1-3-11-7(5)14-8(6)13-9/h1-4H,(H2,10,12,13). The zero-order valence-corrected chi connectivity index (χ0v) is 7.95. The second-order valence-corrected chi connectivity index (χ2v) is 3.88. The van der Waals surface area contributed by atoms with Crippen LogP contribution in [0.15, 0.2) is 24.5 Å². The van der Waals surface area contributed by atoms with E-state index in [0.29, 0.717) is 5.95 Å². The van der Waals surface area contributed by atoms with Gasteiger partial charge in [0, 0.05) is 23.2 Å². The van der Waals surface area contributed by atoms with Crippen LogP contribution in [-0.4, -0.2) is 15.0 Å². The summed E-state index contributed by atoms with van der Waals surface area (Å²) in [6, 6.07) is 3.92. The smallest absolute Gasteiger partial charge is 0.221 e. The van der Waals surface area contributed by atoms with Crippen LogP contribution in [0.1, 0.15) is 0 Å². The molecular weight excluding hydrogens is 196 g/mol. The van der Waals surface area contributed by atoms with Gasteiger partial charge in [-0.2, -0.15) is 0 Å². The molecule has 0 amide bonds. The van der Waals surface area contributed by atoms with Gasteiger partial charge in [-0.25, -0.2) is 15.0 Å². The Morgan fingerprint density at radius 1 is 1.14 bits per heavy atom. The first kappa shape index (κ1) is 7.64. The molecule has 0 bridgehead atoms. The Hall–Kier alpha value is -1.75. The molecule has 0 aliphatic carbocycles. The van der Waals surface area contributed by atoms with Crippen molar-refractivity contribution in [2.45, 2.75) is 0 Å². The molecule has 0 saturated carbocycles. The second-order valence-electron chi connectivity index (χ2n) is 2.91. The van der Waals surface area contributed by atoms with Crippen LogP contribution in [0.3, 0.4) is 0 Å². The van der Waals surface area contributed by atoms with Gasteiger partial charge in [0.25, 0.3) is 0 Å². The van der Waals surface area contributed by atoms with Crippen LogP contribution in [0.5, 0.6) is 0 Å². The van der Waals surface area contributed by atoms with Crippen LogP contribution in [0, 0.1) is 0 Å². The van der Waals surface area contributed by atoms with Gasteiger partial charge in [-0.05, 0) is 12.1 Å². The van der Waals surface area contributed by atoms with Crippen LogP contribution >= 0.6 is 11.3 Å². The molecule has 0 spiro atoms. The molecule has 3 heterocycles. The summed E-state index contributed by atoms with van der Waals surface area (Å²) >= 11 is 1.53. The lowest BCUT2D eigenvalue weighted by molar-refractivity contribution is 1.25. The van der Waals surface area contributed by atoms with Crippen molar-refractivity contribution in [1.82, 2.24) is 15.0 Å². The number of aromatic nitrogens is 3. The molecule has 3 aromatic heterocycles. The number of thiophene rings is 1. The third kappa shape index (κ3) is 0.958. The highest BCUT2D eigenvalue weighted by Gasteiger charge is 2.06. The number of anilines is 1. The first-order valence-corrected chi connectivity index (χ1v) is 4.92. The van der Waals surface area contributed by atoms with Gasteiger partial charge in [-0.1, -0.05) is 11.3 Å². The van der Waals surface area contributed by atoms with Gasteiger partial charge >= 0.3 is 0 Å². The largest absolute Gasteiger partial charge is 0.368 e. The SMILES string of the molecule is Nc1ncc2c(n1)sc1ncccc12. The van der Waals surface area contributed by atoms with Gasteiger partial charge in [-0.15, -0.1) is 0 Å². The minimum absolute atomic E-state index is 0.309. The maximum Gasteiger partial charge on any atom is 0.221 e. The molecule has 2 N–H and O–H groups in total. The van der Waals surface area contributed by atoms with Crippen molar-refractivity contribution in [3.8, 4) is 0 Å². The predicted molar refractivity (Wildman–Crippen MR) is 57.1 cm³/mol. The van der Waals surface area contributed by atoms with Gasteiger partial charge < -0.3 is 5.73 Å². The van der Waals surface area contributed by atoms with Crippen molar-refractivity contribution in [3.63, 3.8) is 0 Å². The third-order valence-corrected chi connectivity index (χ3v) is 3.05. The van der Waals surface area contributed by atoms with Crippen LogP contribution in [-0.2, 0) is 0 Å². The van der Waals surface area contributed by atoms with Crippen LogP contribution < -0.4 is 5.73 Å². The van der Waals surface area contributed by atoms with E-state index in [9.17, 15) is 0 Å². The molecule has 68 valence electrons. The van der Waals surface area contributed by atoms with Crippen molar-refractivity contribution < 1.29 is 0 Å². The molecule has 0 saturated heterocycles. The summed E-state index contributed by atoms with van der Waals surface area (Å²) in [6.07, 6.45) is 3.52. The lowest BCUT2D eigenvalue weighted by Crippen LogP contribution is -1.91. The fourth-order valence-electron chi connectivity index (χ4n) is 1.41. The van der Waals surface area contributed by atoms with E-state index in [1.807, 2.05) is 12.1 Å². The lowest BCUT2D eigenvalue weighted by atomic mass is 10.3. The normalized spacial score (nSPS) is 11.1. The van der Waals surface area contributed by atoms with E-state index >= 15 is 0 Å². The number of nitrogen functional groups attached to an aromatic ring is 1. The first-order chi connectivity index (χ1) is 6.84. The summed E-state index contributed by atoms with van der Waals surface area (Å²) in [5, 5.41) is 2.11. The van der Waals surface area contributed by atoms with E-state index in [0.717, 1.165) is 20.4 Å². The number of nitrogens with two attached hydrogens (primary N) is 1. The molecule has 0 fully saturated rings. The Kier molecular flexibility index (Phi) is 1.43. The van der Waals surface area contributed by atoms with E-state index in [4.69, 9.17) is 5.73 Å². The molecule has 5 heteroatoms. The number of nitrogens with zero attached hydrogens (tertiary/aromatic N) is 3. The van der Waals surface area contributed by atoms with E-state index in [2.05, 4.69) is 15.0 Å². The van der Waals surface area contributed by atoms with Crippen LogP contribution in [0.25, 0.3) is 20.4 Å². The maximum atomic E-state index is 5.51. The van der Waals surface area contributed by atoms with Crippen molar-refractivity contribution in [1.29, 1.82) is 0 Å². The molecule has 0 aliphatic heterocycles. The minimum Gasteiger partial charge on any atom is -0.368 e. The Morgan fingerprint density at radius 2 is 2.07 bits per heavy atom. The Bertz CT molecular complexity index is 616. The molecule has 0 aromatic carbocycles. The fourth-order valence-corrected chi connectivity index (χ4v) is 2.41. The number of pyridine rings is 1. The van der Waals surface area contributed by atoms with Crippen LogP contribution in [0.4, 0.5) is 5.95 Å². The molecule has 0 atom stereocenters. The average Bonchev–Trinajstić information content (AvgIpc) is 2.54. The van der Waals surface area contributed by atoms with E-state index < -0.39 is 0 Å². The van der Waals surface area contributed by atoms with Crippen LogP contribution in [0.2, 0.25) is 0 Å². The van der Waals surface area contributed by atoms with E-state index in [1.54, 1.807) is 12.4 Å². The summed E-state index contributed by atoms with van der Waals surface area (Å²) in [7, 11) is 0. The Morgan fingerprint density at radius 3 is 3.00 bits per heavy atom. The highest BCUT2D eigenvalue weighted by Crippen LogP contribution is 2.30. The summed E-state index contributed by atoms with van der Waals surface area (Å²) in [5.74, 6) is 0.309. The van der Waals surface area contributed by atoms with Crippen molar-refractivity contribution in [3.05, 3.63) is 24.5 Å². The molecule has 3 rings (SSSR count). The monoisotopic (exact) mass is 202 g/mol. The van der Waals surface area contributed by atoms with Crippen molar-refractivity contribution >= 4 is 37.7 Å². The summed E-state index contributed by atoms with van der Waals surface area (Å²) < 4.78 is 0. The van der Waals surface area contributed by atoms with Crippen molar-refractivity contribution in [2.75, 3.05) is 5.73 Å². The first-order valence-electron chi connectivity index (χ1n) is 4.10. The zero-order chi connectivity index (χ0) is 9.54. The molecule has 14 heavy (non-hydrogen) atoms. The molecular formula is C9H6N4S. The summed E-state index contributed by atoms with van der Waals surface area (Å²) in [6.45, 7) is 0. The van der Waals surface area contributed by atoms with Gasteiger partial charge in [0.2, 0.25) is 5.95 Å². The van der Waals surface area contributed by atoms with Gasteiger partial charge in [0.05, 0.1) is 0 Å². The molecule has 4 nitrogen and oxygen atoms in total. The summed E-state index contributed by atoms with van der Waals surface area (Å²) in [5.41, 5.74) is 5.51.